The molecule has 0 fully saturated rings. The third-order valence-corrected chi connectivity index (χ3v) is 2.37. The summed E-state index contributed by atoms with van der Waals surface area (Å²) >= 11 is 5.75. The topological polar surface area (TPSA) is 29.1 Å². The number of rotatable bonds is 4. The van der Waals surface area contributed by atoms with Crippen LogP contribution < -0.4 is 5.32 Å². The summed E-state index contributed by atoms with van der Waals surface area (Å²) in [6, 6.07) is 5.87. The lowest BCUT2D eigenvalue weighted by atomic mass is 10.2. The molecule has 0 aliphatic rings. The Bertz CT molecular complexity index is 375. The van der Waals surface area contributed by atoms with E-state index >= 15 is 0 Å². The van der Waals surface area contributed by atoms with Crippen molar-refractivity contribution in [2.75, 3.05) is 0 Å². The van der Waals surface area contributed by atoms with Gasteiger partial charge in [-0.15, -0.1) is 0 Å². The summed E-state index contributed by atoms with van der Waals surface area (Å²) in [6.07, 6.45) is 3.64. The Balaban J connectivity index is 2.53. The van der Waals surface area contributed by atoms with E-state index in [2.05, 4.69) is 5.32 Å². The molecule has 0 heterocycles. The second-order valence-corrected chi connectivity index (χ2v) is 3.80. The molecule has 1 aromatic carbocycles. The van der Waals surface area contributed by atoms with Crippen LogP contribution in [0, 0.1) is 5.82 Å². The average Bonchev–Trinajstić information content (AvgIpc) is 2.28. The van der Waals surface area contributed by atoms with E-state index in [1.807, 2.05) is 6.92 Å². The molecule has 0 saturated carbocycles. The van der Waals surface area contributed by atoms with Crippen molar-refractivity contribution in [2.24, 2.45) is 0 Å². The molecule has 4 heteroatoms. The number of amides is 1. The van der Waals surface area contributed by atoms with Gasteiger partial charge in [-0.2, -0.15) is 0 Å². The first kappa shape index (κ1) is 12.7. The maximum atomic E-state index is 12.6. The molecular formula is C12H13ClFNO. The number of carbonyl (C=O) groups is 1. The van der Waals surface area contributed by atoms with Crippen LogP contribution in [0.15, 0.2) is 30.3 Å². The Morgan fingerprint density at radius 1 is 1.50 bits per heavy atom. The van der Waals surface area contributed by atoms with Gasteiger partial charge < -0.3 is 5.32 Å². The molecule has 86 valence electrons. The molecule has 0 radical (unpaired) electrons. The SMILES string of the molecule is CCC(Cl)NC(=O)/C=C/c1ccc(F)cc1. The maximum absolute atomic E-state index is 12.6. The number of alkyl halides is 1. The summed E-state index contributed by atoms with van der Waals surface area (Å²) in [5.74, 6) is -0.556. The molecule has 1 unspecified atom stereocenters. The summed E-state index contributed by atoms with van der Waals surface area (Å²) in [5.41, 5.74) is 0.407. The van der Waals surface area contributed by atoms with Crippen molar-refractivity contribution in [2.45, 2.75) is 18.8 Å². The number of hydrogen-bond acceptors (Lipinski definition) is 1. The lowest BCUT2D eigenvalue weighted by molar-refractivity contribution is -0.116. The molecule has 16 heavy (non-hydrogen) atoms. The van der Waals surface area contributed by atoms with E-state index in [-0.39, 0.29) is 17.2 Å². The summed E-state index contributed by atoms with van der Waals surface area (Å²) in [5, 5.41) is 2.58. The van der Waals surface area contributed by atoms with Gasteiger partial charge in [-0.3, -0.25) is 4.79 Å². The molecule has 0 saturated heterocycles. The van der Waals surface area contributed by atoms with Crippen LogP contribution >= 0.6 is 11.6 Å². The third kappa shape index (κ3) is 4.45. The van der Waals surface area contributed by atoms with E-state index in [1.165, 1.54) is 18.2 Å². The monoisotopic (exact) mass is 241 g/mol. The lowest BCUT2D eigenvalue weighted by Gasteiger charge is -2.05. The van der Waals surface area contributed by atoms with Gasteiger partial charge in [0.15, 0.2) is 0 Å². The molecule has 1 N–H and O–H groups in total. The minimum atomic E-state index is -0.356. The lowest BCUT2D eigenvalue weighted by Crippen LogP contribution is -2.28. The van der Waals surface area contributed by atoms with Crippen molar-refractivity contribution in [3.8, 4) is 0 Å². The largest absolute Gasteiger partial charge is 0.336 e. The van der Waals surface area contributed by atoms with Crippen molar-refractivity contribution in [3.05, 3.63) is 41.7 Å². The number of nitrogens with one attached hydrogen (secondary N) is 1. The highest BCUT2D eigenvalue weighted by Crippen LogP contribution is 2.04. The standard InChI is InChI=1S/C12H13ClFNO/c1-2-11(13)15-12(16)8-5-9-3-6-10(14)7-4-9/h3-8,11H,2H2,1H3,(H,15,16)/b8-5+. The molecule has 1 rings (SSSR count). The van der Waals surface area contributed by atoms with Crippen molar-refractivity contribution < 1.29 is 9.18 Å². The van der Waals surface area contributed by atoms with Gasteiger partial charge in [-0.05, 0) is 30.2 Å². The van der Waals surface area contributed by atoms with Crippen LogP contribution in [0.25, 0.3) is 6.08 Å². The zero-order valence-corrected chi connectivity index (χ0v) is 9.67. The fourth-order valence-electron chi connectivity index (χ4n) is 1.05. The van der Waals surface area contributed by atoms with Crippen molar-refractivity contribution >= 4 is 23.6 Å². The fourth-order valence-corrected chi connectivity index (χ4v) is 1.16. The molecule has 0 aliphatic carbocycles. The molecule has 0 bridgehead atoms. The number of carbonyl (C=O) groups excluding carboxylic acids is 1. The summed E-state index contributed by atoms with van der Waals surface area (Å²) in [4.78, 5) is 11.3. The van der Waals surface area contributed by atoms with Gasteiger partial charge in [0.05, 0.1) is 0 Å². The van der Waals surface area contributed by atoms with Crippen LogP contribution in [0.5, 0.6) is 0 Å². The highest BCUT2D eigenvalue weighted by Gasteiger charge is 2.02. The van der Waals surface area contributed by atoms with E-state index in [0.29, 0.717) is 6.42 Å². The second-order valence-electron chi connectivity index (χ2n) is 3.27. The van der Waals surface area contributed by atoms with Gasteiger partial charge in [0.1, 0.15) is 11.3 Å². The number of halogens is 2. The average molecular weight is 242 g/mol. The van der Waals surface area contributed by atoms with Gasteiger partial charge in [0.2, 0.25) is 5.91 Å². The van der Waals surface area contributed by atoms with Gasteiger partial charge in [0, 0.05) is 6.08 Å². The molecular weight excluding hydrogens is 229 g/mol. The molecule has 1 amide bonds. The molecule has 1 aromatic rings. The highest BCUT2D eigenvalue weighted by atomic mass is 35.5. The molecule has 2 nitrogen and oxygen atoms in total. The van der Waals surface area contributed by atoms with E-state index in [4.69, 9.17) is 11.6 Å². The minimum Gasteiger partial charge on any atom is -0.336 e. The molecule has 0 spiro atoms. The van der Waals surface area contributed by atoms with Crippen molar-refractivity contribution in [3.63, 3.8) is 0 Å². The van der Waals surface area contributed by atoms with Crippen LogP contribution in [0.4, 0.5) is 4.39 Å². The first-order valence-electron chi connectivity index (χ1n) is 5.00. The Morgan fingerprint density at radius 2 is 2.12 bits per heavy atom. The van der Waals surface area contributed by atoms with E-state index in [9.17, 15) is 9.18 Å². The van der Waals surface area contributed by atoms with Gasteiger partial charge in [-0.25, -0.2) is 4.39 Å². The van der Waals surface area contributed by atoms with Crippen LogP contribution in [-0.2, 0) is 4.79 Å². The number of hydrogen-bond donors (Lipinski definition) is 1. The Labute approximate surface area is 99.1 Å². The predicted molar refractivity (Wildman–Crippen MR) is 63.5 cm³/mol. The fraction of sp³-hybridized carbons (Fsp3) is 0.250. The zero-order valence-electron chi connectivity index (χ0n) is 8.91. The first-order chi connectivity index (χ1) is 7.61. The maximum Gasteiger partial charge on any atom is 0.245 e. The Kier molecular flexibility index (Phi) is 4.99. The first-order valence-corrected chi connectivity index (χ1v) is 5.43. The van der Waals surface area contributed by atoms with Crippen molar-refractivity contribution in [1.29, 1.82) is 0 Å². The zero-order chi connectivity index (χ0) is 12.0. The second kappa shape index (κ2) is 6.28. The summed E-state index contributed by atoms with van der Waals surface area (Å²) in [7, 11) is 0. The van der Waals surface area contributed by atoms with Crippen molar-refractivity contribution in [1.82, 2.24) is 5.32 Å². The molecule has 0 aliphatic heterocycles. The van der Waals surface area contributed by atoms with E-state index < -0.39 is 0 Å². The summed E-state index contributed by atoms with van der Waals surface area (Å²) in [6.45, 7) is 1.88. The number of benzene rings is 1. The van der Waals surface area contributed by atoms with E-state index in [1.54, 1.807) is 18.2 Å². The quantitative estimate of drug-likeness (QED) is 0.490. The van der Waals surface area contributed by atoms with Crippen LogP contribution in [0.3, 0.4) is 0 Å². The Morgan fingerprint density at radius 3 is 2.69 bits per heavy atom. The van der Waals surface area contributed by atoms with Gasteiger partial charge >= 0.3 is 0 Å². The normalized spacial score (nSPS) is 12.7. The molecule has 0 aromatic heterocycles. The van der Waals surface area contributed by atoms with Crippen LogP contribution in [-0.4, -0.2) is 11.4 Å². The van der Waals surface area contributed by atoms with Crippen LogP contribution in [0.1, 0.15) is 18.9 Å². The van der Waals surface area contributed by atoms with Crippen LogP contribution in [0.2, 0.25) is 0 Å². The molecule has 1 atom stereocenters. The van der Waals surface area contributed by atoms with E-state index in [0.717, 1.165) is 5.56 Å². The van der Waals surface area contributed by atoms with Gasteiger partial charge in [0.25, 0.3) is 0 Å². The Hall–Kier alpha value is -1.35. The summed E-state index contributed by atoms with van der Waals surface area (Å²) < 4.78 is 12.6. The smallest absolute Gasteiger partial charge is 0.245 e. The van der Waals surface area contributed by atoms with Gasteiger partial charge in [-0.1, -0.05) is 30.7 Å². The predicted octanol–water partition coefficient (Wildman–Crippen LogP) is 2.93. The minimum absolute atomic E-state index is 0.258. The highest BCUT2D eigenvalue weighted by molar-refractivity contribution is 6.21. The third-order valence-electron chi connectivity index (χ3n) is 1.95.